The van der Waals surface area contributed by atoms with Gasteiger partial charge in [-0.15, -0.1) is 0 Å². The molecule has 1 atom stereocenters. The summed E-state index contributed by atoms with van der Waals surface area (Å²) in [5.41, 5.74) is 2.17. The van der Waals surface area contributed by atoms with Crippen LogP contribution in [0.3, 0.4) is 0 Å². The Morgan fingerprint density at radius 2 is 1.52 bits per heavy atom. The smallest absolute Gasteiger partial charge is 0.347 e. The molecule has 0 amide bonds. The van der Waals surface area contributed by atoms with Gasteiger partial charge >= 0.3 is 5.97 Å². The van der Waals surface area contributed by atoms with Gasteiger partial charge in [0.05, 0.1) is 11.5 Å². The highest BCUT2D eigenvalue weighted by Crippen LogP contribution is 2.27. The summed E-state index contributed by atoms with van der Waals surface area (Å²) in [6.07, 6.45) is 0.250. The fraction of sp³-hybridized carbons (Fsp3) is 0.185. The van der Waals surface area contributed by atoms with Gasteiger partial charge in [-0.25, -0.2) is 4.79 Å². The second-order valence-corrected chi connectivity index (χ2v) is 7.83. The number of rotatable bonds is 7. The van der Waals surface area contributed by atoms with Gasteiger partial charge in [-0.05, 0) is 56.2 Å². The summed E-state index contributed by atoms with van der Waals surface area (Å²) in [5, 5.41) is 0.346. The number of benzene rings is 3. The number of ether oxygens (including phenoxy) is 3. The van der Waals surface area contributed by atoms with E-state index in [1.165, 1.54) is 6.26 Å². The first-order valence-corrected chi connectivity index (χ1v) is 10.7. The van der Waals surface area contributed by atoms with E-state index in [1.807, 2.05) is 42.5 Å². The number of carbonyl (C=O) groups is 1. The Hall–Kier alpha value is -4.06. The summed E-state index contributed by atoms with van der Waals surface area (Å²) in [7, 11) is 0. The van der Waals surface area contributed by atoms with Crippen LogP contribution in [-0.4, -0.2) is 18.2 Å². The minimum Gasteiger partial charge on any atom is -0.479 e. The van der Waals surface area contributed by atoms with Crippen LogP contribution in [0.2, 0.25) is 0 Å². The molecule has 0 unspecified atom stereocenters. The van der Waals surface area contributed by atoms with Gasteiger partial charge in [-0.3, -0.25) is 4.79 Å². The fourth-order valence-corrected chi connectivity index (χ4v) is 3.29. The Balaban J connectivity index is 1.51. The van der Waals surface area contributed by atoms with E-state index in [2.05, 4.69) is 0 Å². The molecular formula is C27H24O6. The second kappa shape index (κ2) is 9.61. The van der Waals surface area contributed by atoms with E-state index in [0.717, 1.165) is 11.1 Å². The summed E-state index contributed by atoms with van der Waals surface area (Å²) in [4.78, 5) is 24.8. The molecule has 0 spiro atoms. The minimum atomic E-state index is -0.793. The maximum Gasteiger partial charge on any atom is 0.347 e. The van der Waals surface area contributed by atoms with E-state index in [1.54, 1.807) is 51.1 Å². The van der Waals surface area contributed by atoms with Crippen molar-refractivity contribution in [1.82, 2.24) is 0 Å². The van der Waals surface area contributed by atoms with Crippen molar-refractivity contribution in [2.24, 2.45) is 0 Å². The molecule has 0 aliphatic heterocycles. The highest BCUT2D eigenvalue weighted by molar-refractivity contribution is 5.79. The topological polar surface area (TPSA) is 75.0 Å². The maximum atomic E-state index is 12.9. The van der Waals surface area contributed by atoms with Crippen molar-refractivity contribution in [2.75, 3.05) is 0 Å². The molecule has 0 aliphatic rings. The Kier molecular flexibility index (Phi) is 6.45. The SMILES string of the molecule is CC(C)OC(=O)[C@@H](C)Oc1ccc2c(=O)c(Oc3ccc(-c4ccccc4)cc3)coc2c1. The lowest BCUT2D eigenvalue weighted by Crippen LogP contribution is -2.28. The lowest BCUT2D eigenvalue weighted by atomic mass is 10.1. The Morgan fingerprint density at radius 3 is 2.21 bits per heavy atom. The van der Waals surface area contributed by atoms with E-state index in [0.29, 0.717) is 22.5 Å². The van der Waals surface area contributed by atoms with Crippen molar-refractivity contribution in [3.8, 4) is 28.4 Å². The van der Waals surface area contributed by atoms with Gasteiger partial charge in [0.25, 0.3) is 0 Å². The number of esters is 1. The second-order valence-electron chi connectivity index (χ2n) is 7.83. The van der Waals surface area contributed by atoms with Crippen molar-refractivity contribution in [3.63, 3.8) is 0 Å². The molecule has 0 fully saturated rings. The zero-order chi connectivity index (χ0) is 23.4. The summed E-state index contributed by atoms with van der Waals surface area (Å²) in [6, 6.07) is 22.2. The highest BCUT2D eigenvalue weighted by atomic mass is 16.6. The summed E-state index contributed by atoms with van der Waals surface area (Å²) >= 11 is 0. The number of hydrogen-bond donors (Lipinski definition) is 0. The molecule has 0 radical (unpaired) electrons. The van der Waals surface area contributed by atoms with Crippen LogP contribution in [0.4, 0.5) is 0 Å². The van der Waals surface area contributed by atoms with Crippen molar-refractivity contribution < 1.29 is 23.4 Å². The molecule has 0 aliphatic carbocycles. The first-order chi connectivity index (χ1) is 15.9. The van der Waals surface area contributed by atoms with Gasteiger partial charge in [-0.1, -0.05) is 42.5 Å². The Labute approximate surface area is 191 Å². The molecule has 168 valence electrons. The first kappa shape index (κ1) is 22.1. The van der Waals surface area contributed by atoms with Crippen LogP contribution in [0.15, 0.2) is 88.3 Å². The van der Waals surface area contributed by atoms with Crippen LogP contribution in [0.25, 0.3) is 22.1 Å². The lowest BCUT2D eigenvalue weighted by molar-refractivity contribution is -0.154. The summed E-state index contributed by atoms with van der Waals surface area (Å²) in [5.74, 6) is 0.536. The zero-order valence-corrected chi connectivity index (χ0v) is 18.6. The van der Waals surface area contributed by atoms with Crippen LogP contribution in [0, 0.1) is 0 Å². The van der Waals surface area contributed by atoms with Gasteiger partial charge in [0.1, 0.15) is 23.3 Å². The van der Waals surface area contributed by atoms with E-state index >= 15 is 0 Å². The van der Waals surface area contributed by atoms with Crippen molar-refractivity contribution in [3.05, 3.63) is 89.3 Å². The number of carbonyl (C=O) groups excluding carboxylic acids is 1. The van der Waals surface area contributed by atoms with E-state index in [-0.39, 0.29) is 17.3 Å². The molecule has 0 bridgehead atoms. The lowest BCUT2D eigenvalue weighted by Gasteiger charge is -2.15. The van der Waals surface area contributed by atoms with Gasteiger partial charge in [0, 0.05) is 6.07 Å². The van der Waals surface area contributed by atoms with Crippen molar-refractivity contribution in [2.45, 2.75) is 33.0 Å². The predicted octanol–water partition coefficient (Wildman–Crippen LogP) is 5.97. The van der Waals surface area contributed by atoms with Crippen molar-refractivity contribution >= 4 is 16.9 Å². The van der Waals surface area contributed by atoms with Crippen LogP contribution in [0.1, 0.15) is 20.8 Å². The van der Waals surface area contributed by atoms with E-state index < -0.39 is 12.1 Å². The quantitative estimate of drug-likeness (QED) is 0.327. The summed E-state index contributed by atoms with van der Waals surface area (Å²) in [6.45, 7) is 5.14. The first-order valence-electron chi connectivity index (χ1n) is 10.7. The average molecular weight is 444 g/mol. The van der Waals surface area contributed by atoms with E-state index in [4.69, 9.17) is 18.6 Å². The standard InChI is InChI=1S/C27H24O6/c1-17(2)31-27(29)18(3)32-22-13-14-23-24(15-22)30-16-25(26(23)28)33-21-11-9-20(10-12-21)19-7-5-4-6-8-19/h4-18H,1-3H3/t18-/m1/s1. The molecule has 4 rings (SSSR count). The number of hydrogen-bond acceptors (Lipinski definition) is 6. The molecule has 6 heteroatoms. The van der Waals surface area contributed by atoms with Gasteiger partial charge in [-0.2, -0.15) is 0 Å². The predicted molar refractivity (Wildman–Crippen MR) is 126 cm³/mol. The molecule has 4 aromatic rings. The summed E-state index contributed by atoms with van der Waals surface area (Å²) < 4.78 is 22.2. The molecule has 33 heavy (non-hydrogen) atoms. The monoisotopic (exact) mass is 444 g/mol. The van der Waals surface area contributed by atoms with Crippen LogP contribution in [0.5, 0.6) is 17.2 Å². The third-order valence-electron chi connectivity index (χ3n) is 4.90. The molecule has 3 aromatic carbocycles. The van der Waals surface area contributed by atoms with E-state index in [9.17, 15) is 9.59 Å². The van der Waals surface area contributed by atoms with Crippen LogP contribution in [-0.2, 0) is 9.53 Å². The highest BCUT2D eigenvalue weighted by Gasteiger charge is 2.18. The average Bonchev–Trinajstić information content (AvgIpc) is 2.81. The fourth-order valence-electron chi connectivity index (χ4n) is 3.29. The largest absolute Gasteiger partial charge is 0.479 e. The van der Waals surface area contributed by atoms with Gasteiger partial charge < -0.3 is 18.6 Å². The molecule has 1 aromatic heterocycles. The number of fused-ring (bicyclic) bond motifs is 1. The van der Waals surface area contributed by atoms with Gasteiger partial charge in [0.15, 0.2) is 6.10 Å². The Bertz CT molecular complexity index is 1310. The van der Waals surface area contributed by atoms with Crippen LogP contribution >= 0.6 is 0 Å². The van der Waals surface area contributed by atoms with Crippen LogP contribution < -0.4 is 14.9 Å². The Morgan fingerprint density at radius 1 is 0.848 bits per heavy atom. The molecule has 0 N–H and O–H groups in total. The maximum absolute atomic E-state index is 12.9. The van der Waals surface area contributed by atoms with Crippen molar-refractivity contribution in [1.29, 1.82) is 0 Å². The third kappa shape index (κ3) is 5.23. The zero-order valence-electron chi connectivity index (χ0n) is 18.6. The minimum absolute atomic E-state index is 0.0810. The normalized spacial score (nSPS) is 11.9. The molecule has 0 saturated heterocycles. The molecular weight excluding hydrogens is 420 g/mol. The molecule has 6 nitrogen and oxygen atoms in total. The molecule has 1 heterocycles. The molecule has 0 saturated carbocycles. The third-order valence-corrected chi connectivity index (χ3v) is 4.90. The van der Waals surface area contributed by atoms with Gasteiger partial charge in [0.2, 0.25) is 11.2 Å².